The number of ether oxygens (including phenoxy) is 2. The largest absolute Gasteiger partial charge is 0.497 e. The highest BCUT2D eigenvalue weighted by molar-refractivity contribution is 5.48. The minimum absolute atomic E-state index is 0.442. The zero-order valence-corrected chi connectivity index (χ0v) is 11.6. The van der Waals surface area contributed by atoms with E-state index in [0.717, 1.165) is 24.5 Å². The number of rotatable bonds is 4. The van der Waals surface area contributed by atoms with Crippen molar-refractivity contribution in [1.82, 2.24) is 5.32 Å². The van der Waals surface area contributed by atoms with Crippen LogP contribution in [0, 0.1) is 0 Å². The summed E-state index contributed by atoms with van der Waals surface area (Å²) in [5.74, 6) is 1.82. The van der Waals surface area contributed by atoms with Gasteiger partial charge in [-0.05, 0) is 43.0 Å². The average Bonchev–Trinajstić information content (AvgIpc) is 2.46. The molecule has 0 saturated carbocycles. The molecule has 3 nitrogen and oxygen atoms in total. The van der Waals surface area contributed by atoms with Crippen molar-refractivity contribution in [1.29, 1.82) is 0 Å². The smallest absolute Gasteiger partial charge is 0.126 e. The summed E-state index contributed by atoms with van der Waals surface area (Å²) < 4.78 is 10.9. The number of hydrogen-bond donors (Lipinski definition) is 1. The van der Waals surface area contributed by atoms with Gasteiger partial charge in [0, 0.05) is 12.1 Å². The van der Waals surface area contributed by atoms with E-state index in [4.69, 9.17) is 9.47 Å². The van der Waals surface area contributed by atoms with E-state index < -0.39 is 0 Å². The van der Waals surface area contributed by atoms with Crippen LogP contribution < -0.4 is 14.8 Å². The van der Waals surface area contributed by atoms with Crippen LogP contribution in [0.1, 0.15) is 43.4 Å². The van der Waals surface area contributed by atoms with Crippen LogP contribution in [0.2, 0.25) is 0 Å². The van der Waals surface area contributed by atoms with Crippen molar-refractivity contribution in [3.63, 3.8) is 0 Å². The molecular weight excluding hydrogens is 226 g/mol. The van der Waals surface area contributed by atoms with Gasteiger partial charge in [0.05, 0.1) is 14.2 Å². The third-order valence-corrected chi connectivity index (χ3v) is 3.71. The van der Waals surface area contributed by atoms with Gasteiger partial charge in [-0.15, -0.1) is 0 Å². The molecule has 1 atom stereocenters. The van der Waals surface area contributed by atoms with E-state index in [1.165, 1.54) is 30.4 Å². The Kier molecular flexibility index (Phi) is 4.48. The van der Waals surface area contributed by atoms with Crippen LogP contribution in [-0.4, -0.2) is 20.8 Å². The van der Waals surface area contributed by atoms with E-state index >= 15 is 0 Å². The Morgan fingerprint density at radius 2 is 2.06 bits per heavy atom. The van der Waals surface area contributed by atoms with Gasteiger partial charge in [-0.1, -0.05) is 13.3 Å². The standard InChI is InChI=1S/C15H23NO2/c1-4-12-13(14-7-5-6-8-16-14)9-11(17-2)10-15(12)18-3/h9-10,14,16H,4-8H2,1-3H3. The topological polar surface area (TPSA) is 30.5 Å². The second-order valence-corrected chi connectivity index (χ2v) is 4.75. The third kappa shape index (κ3) is 2.61. The molecule has 2 rings (SSSR count). The molecule has 0 aromatic heterocycles. The number of benzene rings is 1. The zero-order valence-electron chi connectivity index (χ0n) is 11.6. The lowest BCUT2D eigenvalue weighted by molar-refractivity contribution is 0.378. The fourth-order valence-electron chi connectivity index (χ4n) is 2.75. The van der Waals surface area contributed by atoms with Crippen LogP contribution in [0.3, 0.4) is 0 Å². The Balaban J connectivity index is 2.41. The van der Waals surface area contributed by atoms with Crippen molar-refractivity contribution in [3.8, 4) is 11.5 Å². The summed E-state index contributed by atoms with van der Waals surface area (Å²) >= 11 is 0. The van der Waals surface area contributed by atoms with E-state index in [2.05, 4.69) is 18.3 Å². The summed E-state index contributed by atoms with van der Waals surface area (Å²) in [5.41, 5.74) is 2.64. The van der Waals surface area contributed by atoms with E-state index in [9.17, 15) is 0 Å². The third-order valence-electron chi connectivity index (χ3n) is 3.71. The summed E-state index contributed by atoms with van der Waals surface area (Å²) in [6, 6.07) is 4.58. The summed E-state index contributed by atoms with van der Waals surface area (Å²) in [6.07, 6.45) is 4.75. The molecule has 0 aliphatic carbocycles. The first-order valence-electron chi connectivity index (χ1n) is 6.78. The molecule has 0 spiro atoms. The lowest BCUT2D eigenvalue weighted by atomic mass is 9.91. The van der Waals surface area contributed by atoms with Crippen LogP contribution in [0.25, 0.3) is 0 Å². The fourth-order valence-corrected chi connectivity index (χ4v) is 2.75. The highest BCUT2D eigenvalue weighted by Crippen LogP contribution is 2.35. The van der Waals surface area contributed by atoms with Crippen molar-refractivity contribution >= 4 is 0 Å². The Morgan fingerprint density at radius 1 is 1.22 bits per heavy atom. The molecule has 0 radical (unpaired) electrons. The van der Waals surface area contributed by atoms with E-state index in [1.807, 2.05) is 6.07 Å². The molecule has 1 aliphatic heterocycles. The first-order valence-corrected chi connectivity index (χ1v) is 6.78. The molecule has 1 aromatic rings. The van der Waals surface area contributed by atoms with Crippen molar-refractivity contribution in [2.75, 3.05) is 20.8 Å². The van der Waals surface area contributed by atoms with Crippen LogP contribution in [0.4, 0.5) is 0 Å². The molecule has 1 fully saturated rings. The molecule has 0 bridgehead atoms. The molecule has 3 heteroatoms. The fraction of sp³-hybridized carbons (Fsp3) is 0.600. The van der Waals surface area contributed by atoms with Gasteiger partial charge in [0.1, 0.15) is 11.5 Å². The van der Waals surface area contributed by atoms with Crippen molar-refractivity contribution in [3.05, 3.63) is 23.3 Å². The highest BCUT2D eigenvalue weighted by Gasteiger charge is 2.20. The molecule has 1 N–H and O–H groups in total. The second kappa shape index (κ2) is 6.10. The van der Waals surface area contributed by atoms with Gasteiger partial charge in [-0.2, -0.15) is 0 Å². The van der Waals surface area contributed by atoms with Crippen LogP contribution in [0.15, 0.2) is 12.1 Å². The number of methoxy groups -OCH3 is 2. The Labute approximate surface area is 109 Å². The van der Waals surface area contributed by atoms with Gasteiger partial charge >= 0.3 is 0 Å². The molecule has 100 valence electrons. The summed E-state index contributed by atoms with van der Waals surface area (Å²) in [4.78, 5) is 0. The summed E-state index contributed by atoms with van der Waals surface area (Å²) in [7, 11) is 3.44. The number of piperidine rings is 1. The average molecular weight is 249 g/mol. The van der Waals surface area contributed by atoms with E-state index in [0.29, 0.717) is 6.04 Å². The maximum Gasteiger partial charge on any atom is 0.126 e. The SMILES string of the molecule is CCc1c(OC)cc(OC)cc1C1CCCCN1. The van der Waals surface area contributed by atoms with Crippen molar-refractivity contribution in [2.24, 2.45) is 0 Å². The summed E-state index contributed by atoms with van der Waals surface area (Å²) in [6.45, 7) is 3.28. The van der Waals surface area contributed by atoms with Gasteiger partial charge in [0.25, 0.3) is 0 Å². The van der Waals surface area contributed by atoms with E-state index in [-0.39, 0.29) is 0 Å². The van der Waals surface area contributed by atoms with Gasteiger partial charge in [-0.25, -0.2) is 0 Å². The number of hydrogen-bond acceptors (Lipinski definition) is 3. The molecule has 0 amide bonds. The Morgan fingerprint density at radius 3 is 2.61 bits per heavy atom. The molecule has 1 aromatic carbocycles. The minimum atomic E-state index is 0.442. The monoisotopic (exact) mass is 249 g/mol. The maximum absolute atomic E-state index is 5.50. The first-order chi connectivity index (χ1) is 8.80. The van der Waals surface area contributed by atoms with E-state index in [1.54, 1.807) is 14.2 Å². The Bertz CT molecular complexity index is 398. The van der Waals surface area contributed by atoms with Crippen LogP contribution in [0.5, 0.6) is 11.5 Å². The minimum Gasteiger partial charge on any atom is -0.497 e. The lowest BCUT2D eigenvalue weighted by Gasteiger charge is -2.27. The van der Waals surface area contributed by atoms with Crippen LogP contribution >= 0.6 is 0 Å². The molecule has 1 unspecified atom stereocenters. The molecular formula is C15H23NO2. The van der Waals surface area contributed by atoms with Crippen molar-refractivity contribution in [2.45, 2.75) is 38.6 Å². The van der Waals surface area contributed by atoms with Gasteiger partial charge in [0.2, 0.25) is 0 Å². The second-order valence-electron chi connectivity index (χ2n) is 4.75. The lowest BCUT2D eigenvalue weighted by Crippen LogP contribution is -2.27. The normalized spacial score (nSPS) is 19.6. The molecule has 1 saturated heterocycles. The summed E-state index contributed by atoms with van der Waals surface area (Å²) in [5, 5.41) is 3.60. The van der Waals surface area contributed by atoms with Crippen LogP contribution in [-0.2, 0) is 6.42 Å². The van der Waals surface area contributed by atoms with Gasteiger partial charge in [0.15, 0.2) is 0 Å². The van der Waals surface area contributed by atoms with Gasteiger partial charge in [-0.3, -0.25) is 0 Å². The molecule has 1 aliphatic rings. The predicted octanol–water partition coefficient (Wildman–Crippen LogP) is 3.08. The maximum atomic E-state index is 5.50. The highest BCUT2D eigenvalue weighted by atomic mass is 16.5. The first kappa shape index (κ1) is 13.2. The Hall–Kier alpha value is -1.22. The van der Waals surface area contributed by atoms with Crippen molar-refractivity contribution < 1.29 is 9.47 Å². The number of nitrogens with one attached hydrogen (secondary N) is 1. The zero-order chi connectivity index (χ0) is 13.0. The quantitative estimate of drug-likeness (QED) is 0.889. The molecule has 18 heavy (non-hydrogen) atoms. The molecule has 1 heterocycles. The predicted molar refractivity (Wildman–Crippen MR) is 73.5 cm³/mol. The van der Waals surface area contributed by atoms with Gasteiger partial charge < -0.3 is 14.8 Å².